The highest BCUT2D eigenvalue weighted by atomic mass is 16.5. The molecule has 2 heterocycles. The lowest BCUT2D eigenvalue weighted by Gasteiger charge is -2.37. The second-order valence-corrected chi connectivity index (χ2v) is 6.07. The first-order valence-corrected chi connectivity index (χ1v) is 9.38. The smallest absolute Gasteiger partial charge is 0.348 e. The van der Waals surface area contributed by atoms with Crippen molar-refractivity contribution in [2.45, 2.75) is 13.8 Å². The summed E-state index contributed by atoms with van der Waals surface area (Å²) in [4.78, 5) is 32.6. The molecule has 0 aromatic carbocycles. The van der Waals surface area contributed by atoms with Crippen LogP contribution in [0, 0.1) is 11.3 Å². The first-order valence-electron chi connectivity index (χ1n) is 9.38. The summed E-state index contributed by atoms with van der Waals surface area (Å²) >= 11 is 0. The maximum absolute atomic E-state index is 12.4. The molecule has 9 nitrogen and oxygen atoms in total. The van der Waals surface area contributed by atoms with E-state index in [4.69, 9.17) is 15.2 Å². The van der Waals surface area contributed by atoms with E-state index in [0.29, 0.717) is 26.2 Å². The number of hydrogen-bond donors (Lipinski definition) is 1. The van der Waals surface area contributed by atoms with Gasteiger partial charge in [-0.05, 0) is 32.1 Å². The van der Waals surface area contributed by atoms with Crippen LogP contribution in [0.3, 0.4) is 0 Å². The number of rotatable bonds is 7. The predicted octanol–water partition coefficient (Wildman–Crippen LogP) is 0.950. The number of aromatic nitrogens is 1. The summed E-state index contributed by atoms with van der Waals surface area (Å²) in [6.45, 7) is 5.93. The Morgan fingerprint density at radius 3 is 2.38 bits per heavy atom. The number of carbonyl (C=O) groups is 2. The van der Waals surface area contributed by atoms with Crippen molar-refractivity contribution in [3.8, 4) is 6.07 Å². The summed E-state index contributed by atoms with van der Waals surface area (Å²) in [5.41, 5.74) is 5.90. The first kappa shape index (κ1) is 21.8. The average Bonchev–Trinajstić information content (AvgIpc) is 2.75. The van der Waals surface area contributed by atoms with Crippen LogP contribution < -0.4 is 10.6 Å². The molecule has 1 aromatic heterocycles. The van der Waals surface area contributed by atoms with Crippen LogP contribution in [-0.4, -0.2) is 61.2 Å². The number of carbonyl (C=O) groups excluding carboxylic acids is 2. The van der Waals surface area contributed by atoms with Crippen molar-refractivity contribution in [1.82, 2.24) is 9.88 Å². The molecule has 0 spiro atoms. The number of nitriles is 1. The lowest BCUT2D eigenvalue weighted by Crippen LogP contribution is -2.48. The molecule has 1 aliphatic rings. The monoisotopic (exact) mass is 399 g/mol. The van der Waals surface area contributed by atoms with Gasteiger partial charge in [0.05, 0.1) is 13.2 Å². The Labute approximate surface area is 170 Å². The fourth-order valence-corrected chi connectivity index (χ4v) is 2.82. The summed E-state index contributed by atoms with van der Waals surface area (Å²) in [5, 5.41) is 9.27. The van der Waals surface area contributed by atoms with Crippen molar-refractivity contribution in [3.05, 3.63) is 47.4 Å². The van der Waals surface area contributed by atoms with Crippen molar-refractivity contribution in [2.75, 3.05) is 44.3 Å². The maximum atomic E-state index is 12.4. The molecule has 0 saturated carbocycles. The van der Waals surface area contributed by atoms with Gasteiger partial charge in [-0.2, -0.15) is 5.26 Å². The van der Waals surface area contributed by atoms with E-state index in [1.54, 1.807) is 26.1 Å². The molecular formula is C20H25N5O4. The summed E-state index contributed by atoms with van der Waals surface area (Å²) in [7, 11) is 0. The summed E-state index contributed by atoms with van der Waals surface area (Å²) in [6, 6.07) is 7.46. The van der Waals surface area contributed by atoms with Crippen LogP contribution in [0.4, 0.5) is 5.82 Å². The Morgan fingerprint density at radius 1 is 1.17 bits per heavy atom. The van der Waals surface area contributed by atoms with Crippen LogP contribution >= 0.6 is 0 Å². The fourth-order valence-electron chi connectivity index (χ4n) is 2.82. The number of hydrogen-bond acceptors (Lipinski definition) is 9. The van der Waals surface area contributed by atoms with Crippen LogP contribution in [0.5, 0.6) is 0 Å². The Kier molecular flexibility index (Phi) is 8.03. The van der Waals surface area contributed by atoms with Gasteiger partial charge >= 0.3 is 11.9 Å². The van der Waals surface area contributed by atoms with Crippen LogP contribution in [0.25, 0.3) is 0 Å². The molecule has 2 N–H and O–H groups in total. The molecule has 0 unspecified atom stereocenters. The van der Waals surface area contributed by atoms with Gasteiger partial charge in [0.25, 0.3) is 0 Å². The van der Waals surface area contributed by atoms with Crippen molar-refractivity contribution in [3.63, 3.8) is 0 Å². The quantitative estimate of drug-likeness (QED) is 0.309. The largest absolute Gasteiger partial charge is 0.462 e. The predicted molar refractivity (Wildman–Crippen MR) is 106 cm³/mol. The normalized spacial score (nSPS) is 15.3. The van der Waals surface area contributed by atoms with Gasteiger partial charge in [0, 0.05) is 32.4 Å². The Bertz CT molecular complexity index is 821. The van der Waals surface area contributed by atoms with Gasteiger partial charge in [0.1, 0.15) is 28.9 Å². The molecule has 1 fully saturated rings. The Morgan fingerprint density at radius 2 is 1.83 bits per heavy atom. The molecule has 1 aliphatic heterocycles. The molecular weight excluding hydrogens is 374 g/mol. The van der Waals surface area contributed by atoms with Crippen molar-refractivity contribution < 1.29 is 19.1 Å². The Balaban J connectivity index is 2.25. The third kappa shape index (κ3) is 5.72. The summed E-state index contributed by atoms with van der Waals surface area (Å²) in [5.74, 6) is -0.491. The molecule has 1 aromatic rings. The molecule has 0 atom stereocenters. The minimum Gasteiger partial charge on any atom is -0.462 e. The highest BCUT2D eigenvalue weighted by Crippen LogP contribution is 2.17. The van der Waals surface area contributed by atoms with Crippen molar-refractivity contribution >= 4 is 17.8 Å². The summed E-state index contributed by atoms with van der Waals surface area (Å²) in [6.07, 6.45) is 2.87. The van der Waals surface area contributed by atoms with Crippen LogP contribution in [0.2, 0.25) is 0 Å². The number of nitrogens with zero attached hydrogens (tertiary/aromatic N) is 4. The standard InChI is InChI=1S/C20H25N5O4/c1-3-28-19(26)15(14-21)13-16(20(27)29-4-2)18(22)25-11-9-24(10-12-25)17-7-5-6-8-23-17/h5-8,13H,3-4,9-12,22H2,1-2H3/b15-13+,18-16+. The van der Waals surface area contributed by atoms with E-state index >= 15 is 0 Å². The molecule has 0 radical (unpaired) electrons. The van der Waals surface area contributed by atoms with Gasteiger partial charge in [-0.15, -0.1) is 0 Å². The number of ether oxygens (including phenoxy) is 2. The number of nitrogens with two attached hydrogens (primary N) is 1. The number of anilines is 1. The minimum absolute atomic E-state index is 0.0391. The molecule has 29 heavy (non-hydrogen) atoms. The molecule has 2 rings (SSSR count). The molecule has 154 valence electrons. The first-order chi connectivity index (χ1) is 14.0. The zero-order valence-electron chi connectivity index (χ0n) is 16.6. The van der Waals surface area contributed by atoms with Crippen LogP contribution in [0.15, 0.2) is 47.4 Å². The van der Waals surface area contributed by atoms with Crippen LogP contribution in [-0.2, 0) is 19.1 Å². The molecule has 0 aliphatic carbocycles. The van der Waals surface area contributed by atoms with E-state index in [0.717, 1.165) is 11.9 Å². The number of piperazine rings is 1. The third-order valence-electron chi connectivity index (χ3n) is 4.27. The SMILES string of the molecule is CCOC(=O)/C(C#N)=C/C(C(=O)OCC)=C(/N)N1CCN(c2ccccn2)CC1. The molecule has 0 amide bonds. The highest BCUT2D eigenvalue weighted by Gasteiger charge is 2.24. The third-order valence-corrected chi connectivity index (χ3v) is 4.27. The van der Waals surface area contributed by atoms with Gasteiger partial charge in [0.2, 0.25) is 0 Å². The number of esters is 2. The second kappa shape index (κ2) is 10.7. The van der Waals surface area contributed by atoms with E-state index in [2.05, 4.69) is 9.88 Å². The zero-order chi connectivity index (χ0) is 21.2. The zero-order valence-corrected chi connectivity index (χ0v) is 16.6. The number of pyridine rings is 1. The molecule has 9 heteroatoms. The second-order valence-electron chi connectivity index (χ2n) is 6.07. The topological polar surface area (TPSA) is 122 Å². The van der Waals surface area contributed by atoms with Gasteiger partial charge in [-0.25, -0.2) is 14.6 Å². The maximum Gasteiger partial charge on any atom is 0.348 e. The van der Waals surface area contributed by atoms with Gasteiger partial charge in [0.15, 0.2) is 0 Å². The Hall–Kier alpha value is -3.54. The van der Waals surface area contributed by atoms with Crippen LogP contribution in [0.1, 0.15) is 13.8 Å². The van der Waals surface area contributed by atoms with Gasteiger partial charge in [-0.3, -0.25) is 0 Å². The van der Waals surface area contributed by atoms with E-state index < -0.39 is 11.9 Å². The summed E-state index contributed by atoms with van der Waals surface area (Å²) < 4.78 is 9.91. The minimum atomic E-state index is -0.815. The molecule has 0 bridgehead atoms. The van der Waals surface area contributed by atoms with E-state index in [9.17, 15) is 14.9 Å². The lowest BCUT2D eigenvalue weighted by atomic mass is 10.1. The average molecular weight is 399 g/mol. The highest BCUT2D eigenvalue weighted by molar-refractivity contribution is 5.99. The van der Waals surface area contributed by atoms with E-state index in [-0.39, 0.29) is 30.2 Å². The van der Waals surface area contributed by atoms with Crippen molar-refractivity contribution in [2.24, 2.45) is 5.73 Å². The lowest BCUT2D eigenvalue weighted by molar-refractivity contribution is -0.138. The molecule has 1 saturated heterocycles. The van der Waals surface area contributed by atoms with E-state index in [1.165, 1.54) is 0 Å². The van der Waals surface area contributed by atoms with Gasteiger partial charge < -0.3 is 25.0 Å². The van der Waals surface area contributed by atoms with E-state index in [1.807, 2.05) is 23.1 Å². The fraction of sp³-hybridized carbons (Fsp3) is 0.400. The van der Waals surface area contributed by atoms with Crippen molar-refractivity contribution in [1.29, 1.82) is 5.26 Å². The van der Waals surface area contributed by atoms with Gasteiger partial charge in [-0.1, -0.05) is 6.07 Å².